The molecule has 4 aliphatic rings. The molecule has 0 radical (unpaired) electrons. The van der Waals surface area contributed by atoms with Gasteiger partial charge in [0.15, 0.2) is 0 Å². The molecule has 126 valence electrons. The molecule has 4 bridgehead atoms. The third-order valence-corrected chi connectivity index (χ3v) is 7.54. The molecule has 4 saturated carbocycles. The minimum Gasteiger partial charge on any atom is -0.352 e. The number of hydrogen-bond donors (Lipinski definition) is 1. The van der Waals surface area contributed by atoms with E-state index in [1.165, 1.54) is 49.9 Å². The monoisotopic (exact) mass is 334 g/mol. The lowest BCUT2D eigenvalue weighted by Crippen LogP contribution is -2.56. The zero-order valence-electron chi connectivity index (χ0n) is 14.0. The van der Waals surface area contributed by atoms with E-state index in [2.05, 4.69) is 12.2 Å². The molecule has 23 heavy (non-hydrogen) atoms. The van der Waals surface area contributed by atoms with Crippen LogP contribution in [0.1, 0.15) is 51.1 Å². The van der Waals surface area contributed by atoms with Gasteiger partial charge in [-0.15, -0.1) is 0 Å². The molecule has 0 saturated heterocycles. The van der Waals surface area contributed by atoms with Crippen LogP contribution in [0.2, 0.25) is 0 Å². The van der Waals surface area contributed by atoms with Crippen LogP contribution in [0.15, 0.2) is 10.2 Å². The van der Waals surface area contributed by atoms with E-state index in [9.17, 15) is 9.59 Å². The Bertz CT molecular complexity index is 640. The molecule has 1 aromatic rings. The molecule has 4 nitrogen and oxygen atoms in total. The Morgan fingerprint density at radius 2 is 1.87 bits per heavy atom. The number of nitrogens with one attached hydrogen (secondary N) is 1. The number of aromatic nitrogens is 1. The van der Waals surface area contributed by atoms with Crippen LogP contribution >= 0.6 is 11.3 Å². The van der Waals surface area contributed by atoms with E-state index < -0.39 is 0 Å². The first-order chi connectivity index (χ1) is 10.9. The van der Waals surface area contributed by atoms with Crippen molar-refractivity contribution in [2.75, 3.05) is 0 Å². The van der Waals surface area contributed by atoms with Gasteiger partial charge in [-0.05, 0) is 75.5 Å². The fourth-order valence-corrected chi connectivity index (χ4v) is 6.62. The molecule has 4 fully saturated rings. The largest absolute Gasteiger partial charge is 0.352 e. The second kappa shape index (κ2) is 5.47. The van der Waals surface area contributed by atoms with Gasteiger partial charge in [0.25, 0.3) is 0 Å². The van der Waals surface area contributed by atoms with Gasteiger partial charge < -0.3 is 5.32 Å². The molecule has 4 aliphatic carbocycles. The normalized spacial score (nSPS) is 36.2. The molecule has 1 amide bonds. The molecule has 5 heteroatoms. The molecule has 0 aliphatic heterocycles. The van der Waals surface area contributed by atoms with Crippen molar-refractivity contribution < 1.29 is 4.79 Å². The molecular weight excluding hydrogens is 308 g/mol. The molecule has 1 atom stereocenters. The summed E-state index contributed by atoms with van der Waals surface area (Å²) >= 11 is 1.17. The van der Waals surface area contributed by atoms with Crippen LogP contribution in [0.4, 0.5) is 0 Å². The second-order valence-corrected chi connectivity index (χ2v) is 9.12. The minimum atomic E-state index is -0.0416. The van der Waals surface area contributed by atoms with Crippen LogP contribution in [0.25, 0.3) is 0 Å². The summed E-state index contributed by atoms with van der Waals surface area (Å²) in [7, 11) is 0. The Balaban J connectivity index is 1.44. The first kappa shape index (κ1) is 15.4. The standard InChI is InChI=1S/C18H26N2O2S/c1-11-10-23-17(22)20(11)9-16(21)19-12(2)18-6-13-3-14(7-18)5-15(4-13)8-18/h10,12-15H,3-9H2,1-2H3,(H,19,21). The molecule has 0 spiro atoms. The number of carbonyl (C=O) groups is 1. The first-order valence-electron chi connectivity index (χ1n) is 8.89. The maximum absolute atomic E-state index is 12.5. The summed E-state index contributed by atoms with van der Waals surface area (Å²) < 4.78 is 1.58. The van der Waals surface area contributed by atoms with Crippen LogP contribution in [0, 0.1) is 30.1 Å². The fraction of sp³-hybridized carbons (Fsp3) is 0.778. The van der Waals surface area contributed by atoms with E-state index in [1.54, 1.807) is 4.57 Å². The Hall–Kier alpha value is -1.10. The quantitative estimate of drug-likeness (QED) is 0.920. The van der Waals surface area contributed by atoms with E-state index in [0.29, 0.717) is 5.41 Å². The lowest BCUT2D eigenvalue weighted by molar-refractivity contribution is -0.126. The van der Waals surface area contributed by atoms with Crippen molar-refractivity contribution in [2.45, 2.75) is 65.0 Å². The zero-order valence-corrected chi connectivity index (χ0v) is 14.8. The van der Waals surface area contributed by atoms with Gasteiger partial charge in [0.1, 0.15) is 6.54 Å². The number of rotatable bonds is 4. The highest BCUT2D eigenvalue weighted by Crippen LogP contribution is 2.61. The third kappa shape index (κ3) is 2.67. The van der Waals surface area contributed by atoms with Gasteiger partial charge >= 0.3 is 4.87 Å². The summed E-state index contributed by atoms with van der Waals surface area (Å²) in [5.41, 5.74) is 1.19. The van der Waals surface area contributed by atoms with E-state index in [-0.39, 0.29) is 23.4 Å². The lowest BCUT2D eigenvalue weighted by Gasteiger charge is -2.59. The van der Waals surface area contributed by atoms with E-state index >= 15 is 0 Å². The number of nitrogens with zero attached hydrogens (tertiary/aromatic N) is 1. The maximum Gasteiger partial charge on any atom is 0.307 e. The summed E-state index contributed by atoms with van der Waals surface area (Å²) in [5.74, 6) is 2.66. The van der Waals surface area contributed by atoms with Crippen molar-refractivity contribution in [1.29, 1.82) is 0 Å². The van der Waals surface area contributed by atoms with Crippen molar-refractivity contribution in [3.63, 3.8) is 0 Å². The van der Waals surface area contributed by atoms with Gasteiger partial charge in [0.2, 0.25) is 5.91 Å². The summed E-state index contributed by atoms with van der Waals surface area (Å²) in [5, 5.41) is 5.05. The average molecular weight is 334 g/mol. The second-order valence-electron chi connectivity index (χ2n) is 8.30. The van der Waals surface area contributed by atoms with Crippen LogP contribution in [0.3, 0.4) is 0 Å². The smallest absolute Gasteiger partial charge is 0.307 e. The summed E-state index contributed by atoms with van der Waals surface area (Å²) in [6, 6.07) is 0.220. The van der Waals surface area contributed by atoms with Gasteiger partial charge in [-0.3, -0.25) is 14.2 Å². The molecule has 1 aromatic heterocycles. The molecule has 1 unspecified atom stereocenters. The van der Waals surface area contributed by atoms with E-state index in [4.69, 9.17) is 0 Å². The molecular formula is C18H26N2O2S. The number of aryl methyl sites for hydroxylation is 1. The average Bonchev–Trinajstić information content (AvgIpc) is 2.77. The van der Waals surface area contributed by atoms with Gasteiger partial charge in [-0.2, -0.15) is 0 Å². The predicted octanol–water partition coefficient (Wildman–Crippen LogP) is 2.94. The number of carbonyl (C=O) groups excluding carboxylic acids is 1. The van der Waals surface area contributed by atoms with Gasteiger partial charge in [-0.25, -0.2) is 0 Å². The Kier molecular flexibility index (Phi) is 3.67. The van der Waals surface area contributed by atoms with Crippen molar-refractivity contribution in [3.8, 4) is 0 Å². The highest BCUT2D eigenvalue weighted by Gasteiger charge is 2.53. The molecule has 0 aromatic carbocycles. The highest BCUT2D eigenvalue weighted by atomic mass is 32.1. The number of hydrogen-bond acceptors (Lipinski definition) is 3. The molecule has 1 N–H and O–H groups in total. The SMILES string of the molecule is Cc1csc(=O)n1CC(=O)NC(C)C12CC3CC(CC(C3)C1)C2. The van der Waals surface area contributed by atoms with Crippen molar-refractivity contribution in [1.82, 2.24) is 9.88 Å². The molecule has 1 heterocycles. The van der Waals surface area contributed by atoms with Crippen molar-refractivity contribution >= 4 is 17.2 Å². The molecule has 5 rings (SSSR count). The van der Waals surface area contributed by atoms with E-state index in [1.807, 2.05) is 12.3 Å². The van der Waals surface area contributed by atoms with Crippen LogP contribution < -0.4 is 10.2 Å². The summed E-state index contributed by atoms with van der Waals surface area (Å²) in [6.07, 6.45) is 8.13. The van der Waals surface area contributed by atoms with Crippen molar-refractivity contribution in [2.24, 2.45) is 23.2 Å². The number of thiazole rings is 1. The topological polar surface area (TPSA) is 51.1 Å². The van der Waals surface area contributed by atoms with E-state index in [0.717, 1.165) is 23.4 Å². The van der Waals surface area contributed by atoms with Crippen LogP contribution in [-0.4, -0.2) is 16.5 Å². The lowest BCUT2D eigenvalue weighted by atomic mass is 9.48. The fourth-order valence-electron chi connectivity index (χ4n) is 5.89. The van der Waals surface area contributed by atoms with Gasteiger partial charge in [-0.1, -0.05) is 11.3 Å². The maximum atomic E-state index is 12.5. The third-order valence-electron chi connectivity index (χ3n) is 6.66. The zero-order chi connectivity index (χ0) is 16.2. The summed E-state index contributed by atoms with van der Waals surface area (Å²) in [4.78, 5) is 24.2. The Morgan fingerprint density at radius 1 is 1.30 bits per heavy atom. The summed E-state index contributed by atoms with van der Waals surface area (Å²) in [6.45, 7) is 4.23. The minimum absolute atomic E-state index is 0.0168. The van der Waals surface area contributed by atoms with Gasteiger partial charge in [0, 0.05) is 17.1 Å². The highest BCUT2D eigenvalue weighted by molar-refractivity contribution is 7.07. The van der Waals surface area contributed by atoms with Crippen molar-refractivity contribution in [3.05, 3.63) is 20.7 Å². The van der Waals surface area contributed by atoms with Gasteiger partial charge in [0.05, 0.1) is 0 Å². The Labute approximate surface area is 141 Å². The first-order valence-corrected chi connectivity index (χ1v) is 9.77. The van der Waals surface area contributed by atoms with Crippen LogP contribution in [0.5, 0.6) is 0 Å². The predicted molar refractivity (Wildman–Crippen MR) is 91.5 cm³/mol. The number of amides is 1. The van der Waals surface area contributed by atoms with Crippen LogP contribution in [-0.2, 0) is 11.3 Å². The Morgan fingerprint density at radius 3 is 2.35 bits per heavy atom.